The molecule has 0 spiro atoms. The van der Waals surface area contributed by atoms with Crippen LogP contribution in [0.25, 0.3) is 0 Å². The molecule has 19 heavy (non-hydrogen) atoms. The van der Waals surface area contributed by atoms with Crippen molar-refractivity contribution >= 4 is 10.2 Å². The smallest absolute Gasteiger partial charge is 0.279 e. The van der Waals surface area contributed by atoms with E-state index in [1.807, 2.05) is 0 Å². The zero-order valence-electron chi connectivity index (χ0n) is 12.1. The highest BCUT2D eigenvalue weighted by Crippen LogP contribution is 2.25. The molecule has 2 aliphatic rings. The first-order chi connectivity index (χ1) is 9.03. The summed E-state index contributed by atoms with van der Waals surface area (Å²) in [6.45, 7) is 6.74. The van der Waals surface area contributed by atoms with Crippen LogP contribution in [-0.4, -0.2) is 44.4 Å². The van der Waals surface area contributed by atoms with Gasteiger partial charge in [0, 0.05) is 25.2 Å². The first kappa shape index (κ1) is 15.2. The minimum absolute atomic E-state index is 0.202. The van der Waals surface area contributed by atoms with E-state index in [9.17, 15) is 8.42 Å². The largest absolute Gasteiger partial charge is 0.314 e. The summed E-state index contributed by atoms with van der Waals surface area (Å²) in [5, 5.41) is 3.51. The van der Waals surface area contributed by atoms with Gasteiger partial charge in [-0.2, -0.15) is 17.4 Å². The lowest BCUT2D eigenvalue weighted by atomic mass is 9.91. The Morgan fingerprint density at radius 1 is 1.21 bits per heavy atom. The molecule has 1 saturated heterocycles. The SMILES string of the molecule is CCCNC(C)C1CCN(S(=O)(=O)NC2CC2)CC1. The number of nitrogens with one attached hydrogen (secondary N) is 2. The quantitative estimate of drug-likeness (QED) is 0.737. The molecule has 0 aromatic carbocycles. The van der Waals surface area contributed by atoms with Gasteiger partial charge in [0.15, 0.2) is 0 Å². The summed E-state index contributed by atoms with van der Waals surface area (Å²) in [4.78, 5) is 0. The molecule has 112 valence electrons. The van der Waals surface area contributed by atoms with Crippen molar-refractivity contribution in [1.82, 2.24) is 14.3 Å². The van der Waals surface area contributed by atoms with Crippen LogP contribution in [0.2, 0.25) is 0 Å². The summed E-state index contributed by atoms with van der Waals surface area (Å²) in [5.74, 6) is 0.596. The second kappa shape index (κ2) is 6.52. The molecule has 2 N–H and O–H groups in total. The maximum atomic E-state index is 12.1. The van der Waals surface area contributed by atoms with Gasteiger partial charge in [-0.3, -0.25) is 0 Å². The zero-order chi connectivity index (χ0) is 13.9. The Balaban J connectivity index is 1.78. The molecule has 1 heterocycles. The van der Waals surface area contributed by atoms with E-state index in [4.69, 9.17) is 0 Å². The third-order valence-corrected chi connectivity index (χ3v) is 5.83. The molecule has 2 rings (SSSR count). The summed E-state index contributed by atoms with van der Waals surface area (Å²) < 4.78 is 28.5. The van der Waals surface area contributed by atoms with E-state index in [2.05, 4.69) is 23.9 Å². The third kappa shape index (κ3) is 4.41. The zero-order valence-corrected chi connectivity index (χ0v) is 12.9. The summed E-state index contributed by atoms with van der Waals surface area (Å²) in [7, 11) is -3.22. The number of rotatable bonds is 7. The number of piperidine rings is 1. The predicted octanol–water partition coefficient (Wildman–Crippen LogP) is 1.08. The van der Waals surface area contributed by atoms with Crippen molar-refractivity contribution in [3.05, 3.63) is 0 Å². The van der Waals surface area contributed by atoms with Gasteiger partial charge in [0.2, 0.25) is 0 Å². The molecular formula is C13H27N3O2S. The van der Waals surface area contributed by atoms with Gasteiger partial charge in [-0.15, -0.1) is 0 Å². The van der Waals surface area contributed by atoms with E-state index >= 15 is 0 Å². The molecule has 1 unspecified atom stereocenters. The highest BCUT2D eigenvalue weighted by atomic mass is 32.2. The Labute approximate surface area is 117 Å². The Hall–Kier alpha value is -0.170. The Morgan fingerprint density at radius 2 is 1.84 bits per heavy atom. The van der Waals surface area contributed by atoms with Crippen molar-refractivity contribution in [2.24, 2.45) is 5.92 Å². The van der Waals surface area contributed by atoms with Crippen molar-refractivity contribution in [3.63, 3.8) is 0 Å². The minimum atomic E-state index is -3.22. The molecule has 0 radical (unpaired) electrons. The van der Waals surface area contributed by atoms with Crippen LogP contribution in [0.1, 0.15) is 46.0 Å². The van der Waals surface area contributed by atoms with Crippen LogP contribution in [0.4, 0.5) is 0 Å². The van der Waals surface area contributed by atoms with E-state index in [0.29, 0.717) is 25.0 Å². The first-order valence-electron chi connectivity index (χ1n) is 7.53. The van der Waals surface area contributed by atoms with E-state index in [1.54, 1.807) is 4.31 Å². The second-order valence-electron chi connectivity index (χ2n) is 5.88. The molecule has 1 atom stereocenters. The van der Waals surface area contributed by atoms with Crippen LogP contribution in [0, 0.1) is 5.92 Å². The van der Waals surface area contributed by atoms with Gasteiger partial charge < -0.3 is 5.32 Å². The average molecular weight is 289 g/mol. The predicted molar refractivity (Wildman–Crippen MR) is 77.1 cm³/mol. The van der Waals surface area contributed by atoms with Crippen molar-refractivity contribution < 1.29 is 8.42 Å². The van der Waals surface area contributed by atoms with Crippen LogP contribution in [0.3, 0.4) is 0 Å². The van der Waals surface area contributed by atoms with Gasteiger partial charge in [-0.05, 0) is 51.5 Å². The van der Waals surface area contributed by atoms with Gasteiger partial charge in [0.05, 0.1) is 0 Å². The van der Waals surface area contributed by atoms with E-state index in [0.717, 1.165) is 38.6 Å². The van der Waals surface area contributed by atoms with Gasteiger partial charge in [-0.25, -0.2) is 0 Å². The van der Waals surface area contributed by atoms with E-state index in [-0.39, 0.29) is 6.04 Å². The monoisotopic (exact) mass is 289 g/mol. The van der Waals surface area contributed by atoms with Crippen LogP contribution in [0.5, 0.6) is 0 Å². The Bertz CT molecular complexity index is 373. The fraction of sp³-hybridized carbons (Fsp3) is 1.00. The summed E-state index contributed by atoms with van der Waals surface area (Å²) in [5.41, 5.74) is 0. The molecule has 1 aliphatic heterocycles. The standard InChI is InChI=1S/C13H27N3O2S/c1-3-8-14-11(2)12-6-9-16(10-7-12)19(17,18)15-13-4-5-13/h11-15H,3-10H2,1-2H3. The Morgan fingerprint density at radius 3 is 2.37 bits per heavy atom. The number of nitrogens with zero attached hydrogens (tertiary/aromatic N) is 1. The van der Waals surface area contributed by atoms with E-state index < -0.39 is 10.2 Å². The molecule has 0 bridgehead atoms. The number of hydrogen-bond acceptors (Lipinski definition) is 3. The molecule has 1 saturated carbocycles. The number of hydrogen-bond donors (Lipinski definition) is 2. The fourth-order valence-corrected chi connectivity index (χ4v) is 4.14. The van der Waals surface area contributed by atoms with Crippen molar-refractivity contribution in [2.75, 3.05) is 19.6 Å². The molecule has 6 heteroatoms. The summed E-state index contributed by atoms with van der Waals surface area (Å²) in [6.07, 6.45) is 5.05. The van der Waals surface area contributed by atoms with Crippen LogP contribution in [-0.2, 0) is 10.2 Å². The molecule has 0 aromatic rings. The lowest BCUT2D eigenvalue weighted by molar-refractivity contribution is 0.230. The van der Waals surface area contributed by atoms with Gasteiger partial charge in [0.25, 0.3) is 10.2 Å². The molecule has 5 nitrogen and oxygen atoms in total. The molecular weight excluding hydrogens is 262 g/mol. The molecule has 2 fully saturated rings. The fourth-order valence-electron chi connectivity index (χ4n) is 2.64. The van der Waals surface area contributed by atoms with Gasteiger partial charge in [-0.1, -0.05) is 6.92 Å². The highest BCUT2D eigenvalue weighted by Gasteiger charge is 2.34. The third-order valence-electron chi connectivity index (χ3n) is 4.15. The average Bonchev–Trinajstić information content (AvgIpc) is 3.19. The van der Waals surface area contributed by atoms with E-state index in [1.165, 1.54) is 0 Å². The molecule has 0 aromatic heterocycles. The second-order valence-corrected chi connectivity index (χ2v) is 7.58. The van der Waals surface area contributed by atoms with Crippen LogP contribution >= 0.6 is 0 Å². The van der Waals surface area contributed by atoms with Crippen LogP contribution < -0.4 is 10.0 Å². The minimum Gasteiger partial charge on any atom is -0.314 e. The summed E-state index contributed by atoms with van der Waals surface area (Å²) in [6, 6.07) is 0.689. The normalized spacial score (nSPS) is 24.5. The first-order valence-corrected chi connectivity index (χ1v) is 8.97. The van der Waals surface area contributed by atoms with Gasteiger partial charge >= 0.3 is 0 Å². The van der Waals surface area contributed by atoms with Crippen molar-refractivity contribution in [2.45, 2.75) is 58.0 Å². The lowest BCUT2D eigenvalue weighted by Gasteiger charge is -2.34. The topological polar surface area (TPSA) is 61.4 Å². The summed E-state index contributed by atoms with van der Waals surface area (Å²) >= 11 is 0. The maximum Gasteiger partial charge on any atom is 0.279 e. The molecule has 0 amide bonds. The van der Waals surface area contributed by atoms with Crippen molar-refractivity contribution in [3.8, 4) is 0 Å². The van der Waals surface area contributed by atoms with Gasteiger partial charge in [0.1, 0.15) is 0 Å². The lowest BCUT2D eigenvalue weighted by Crippen LogP contribution is -2.48. The maximum absolute atomic E-state index is 12.1. The highest BCUT2D eigenvalue weighted by molar-refractivity contribution is 7.87. The van der Waals surface area contributed by atoms with Crippen LogP contribution in [0.15, 0.2) is 0 Å². The van der Waals surface area contributed by atoms with Crippen molar-refractivity contribution in [1.29, 1.82) is 0 Å². The molecule has 1 aliphatic carbocycles. The Kier molecular flexibility index (Phi) is 5.22.